The molecule has 250 valence electrons. The molecule has 1 aromatic heterocycles. The summed E-state index contributed by atoms with van der Waals surface area (Å²) in [4.78, 5) is 47.1. The highest BCUT2D eigenvalue weighted by Gasteiger charge is 2.44. The summed E-state index contributed by atoms with van der Waals surface area (Å²) >= 11 is 1.59. The number of carbonyl (C=O) groups is 3. The molecule has 9 nitrogen and oxygen atoms in total. The lowest BCUT2D eigenvalue weighted by Crippen LogP contribution is -2.57. The zero-order valence-corrected chi connectivity index (χ0v) is 28.6. The van der Waals surface area contributed by atoms with Crippen LogP contribution in [0, 0.1) is 12.3 Å². The zero-order chi connectivity index (χ0) is 33.0. The SMILES string of the molecule is Cc1ncsc1-c1ccc(C(C)NC(=O)C2CC(O)CN2C(=O)C(NC(=O)CCCCCCCCCCCO)C(C)(C)C)cc1. The third kappa shape index (κ3) is 11.2. The summed E-state index contributed by atoms with van der Waals surface area (Å²) in [6.45, 7) is 9.90. The zero-order valence-electron chi connectivity index (χ0n) is 27.8. The van der Waals surface area contributed by atoms with E-state index in [1.54, 1.807) is 11.3 Å². The number of aryl methyl sites for hydroxylation is 1. The Morgan fingerprint density at radius 1 is 0.978 bits per heavy atom. The minimum Gasteiger partial charge on any atom is -0.396 e. The fourth-order valence-electron chi connectivity index (χ4n) is 5.88. The van der Waals surface area contributed by atoms with Gasteiger partial charge in [0.15, 0.2) is 0 Å². The van der Waals surface area contributed by atoms with Gasteiger partial charge in [0.25, 0.3) is 0 Å². The van der Waals surface area contributed by atoms with Gasteiger partial charge in [0.2, 0.25) is 17.7 Å². The van der Waals surface area contributed by atoms with E-state index in [4.69, 9.17) is 5.11 Å². The fourth-order valence-corrected chi connectivity index (χ4v) is 6.70. The lowest BCUT2D eigenvalue weighted by Gasteiger charge is -2.35. The molecule has 2 aromatic rings. The van der Waals surface area contributed by atoms with Crippen molar-refractivity contribution in [1.29, 1.82) is 0 Å². The summed E-state index contributed by atoms with van der Waals surface area (Å²) in [6.07, 6.45) is 9.09. The summed E-state index contributed by atoms with van der Waals surface area (Å²) in [5.41, 5.74) is 4.24. The first kappa shape index (κ1) is 36.6. The smallest absolute Gasteiger partial charge is 0.246 e. The average Bonchev–Trinajstić information content (AvgIpc) is 3.61. The Morgan fingerprint density at radius 2 is 1.58 bits per heavy atom. The Kier molecular flexibility index (Phi) is 14.5. The minimum atomic E-state index is -0.820. The van der Waals surface area contributed by atoms with Gasteiger partial charge >= 0.3 is 0 Å². The van der Waals surface area contributed by atoms with Gasteiger partial charge in [-0.15, -0.1) is 11.3 Å². The highest BCUT2D eigenvalue weighted by molar-refractivity contribution is 7.13. The molecule has 1 saturated heterocycles. The van der Waals surface area contributed by atoms with Gasteiger partial charge in [-0.2, -0.15) is 0 Å². The van der Waals surface area contributed by atoms with E-state index < -0.39 is 23.6 Å². The van der Waals surface area contributed by atoms with Crippen molar-refractivity contribution in [2.45, 2.75) is 129 Å². The summed E-state index contributed by atoms with van der Waals surface area (Å²) in [7, 11) is 0. The number of β-amino-alcohol motifs (C(OH)–C–C–N with tert-alkyl or cyclic N) is 1. The van der Waals surface area contributed by atoms with E-state index >= 15 is 0 Å². The number of nitrogens with one attached hydrogen (secondary N) is 2. The molecule has 1 aliphatic heterocycles. The molecular weight excluding hydrogens is 588 g/mol. The lowest BCUT2D eigenvalue weighted by atomic mass is 9.85. The first-order chi connectivity index (χ1) is 21.4. The first-order valence-electron chi connectivity index (χ1n) is 16.6. The molecule has 3 rings (SSSR count). The highest BCUT2D eigenvalue weighted by Crippen LogP contribution is 2.29. The van der Waals surface area contributed by atoms with E-state index in [9.17, 15) is 19.5 Å². The van der Waals surface area contributed by atoms with E-state index in [-0.39, 0.29) is 43.3 Å². The molecule has 45 heavy (non-hydrogen) atoms. The van der Waals surface area contributed by atoms with Crippen LogP contribution in [0.15, 0.2) is 29.8 Å². The number of unbranched alkanes of at least 4 members (excludes halogenated alkanes) is 8. The van der Waals surface area contributed by atoms with Crippen LogP contribution in [0.5, 0.6) is 0 Å². The van der Waals surface area contributed by atoms with Crippen LogP contribution in [0.1, 0.15) is 116 Å². The molecule has 4 atom stereocenters. The maximum absolute atomic E-state index is 13.9. The summed E-state index contributed by atoms with van der Waals surface area (Å²) in [6, 6.07) is 6.08. The molecule has 1 aliphatic rings. The van der Waals surface area contributed by atoms with Gasteiger partial charge in [-0.3, -0.25) is 14.4 Å². The van der Waals surface area contributed by atoms with E-state index in [0.29, 0.717) is 6.42 Å². The third-order valence-corrected chi connectivity index (χ3v) is 9.60. The summed E-state index contributed by atoms with van der Waals surface area (Å²) in [5, 5.41) is 25.4. The number of benzene rings is 1. The molecule has 4 unspecified atom stereocenters. The Hall–Kier alpha value is -2.82. The number of amides is 3. The van der Waals surface area contributed by atoms with Crippen molar-refractivity contribution in [2.24, 2.45) is 5.41 Å². The molecule has 4 N–H and O–H groups in total. The van der Waals surface area contributed by atoms with E-state index in [2.05, 4.69) is 15.6 Å². The number of thiazole rings is 1. The largest absolute Gasteiger partial charge is 0.396 e. The molecule has 2 heterocycles. The van der Waals surface area contributed by atoms with Gasteiger partial charge in [-0.1, -0.05) is 90.0 Å². The second kappa shape index (κ2) is 17.8. The van der Waals surface area contributed by atoms with Crippen molar-refractivity contribution in [1.82, 2.24) is 20.5 Å². The predicted octanol–water partition coefficient (Wildman–Crippen LogP) is 5.68. The number of carbonyl (C=O) groups excluding carboxylic acids is 3. The topological polar surface area (TPSA) is 132 Å². The van der Waals surface area contributed by atoms with Gasteiger partial charge in [0, 0.05) is 26.0 Å². The molecule has 10 heteroatoms. The van der Waals surface area contributed by atoms with Crippen molar-refractivity contribution < 1.29 is 24.6 Å². The number of nitrogens with zero attached hydrogens (tertiary/aromatic N) is 2. The fraction of sp³-hybridized carbons (Fsp3) is 0.657. The number of aromatic nitrogens is 1. The van der Waals surface area contributed by atoms with Crippen LogP contribution in [0.25, 0.3) is 10.4 Å². The Labute approximate surface area is 273 Å². The molecule has 0 spiro atoms. The number of aliphatic hydroxyl groups excluding tert-OH is 2. The molecule has 0 radical (unpaired) electrons. The normalized spacial score (nSPS) is 18.1. The number of rotatable bonds is 17. The number of hydrogen-bond donors (Lipinski definition) is 4. The van der Waals surface area contributed by atoms with Crippen molar-refractivity contribution >= 4 is 29.1 Å². The predicted molar refractivity (Wildman–Crippen MR) is 180 cm³/mol. The van der Waals surface area contributed by atoms with Crippen LogP contribution in [0.3, 0.4) is 0 Å². The number of hydrogen-bond acceptors (Lipinski definition) is 7. The van der Waals surface area contributed by atoms with E-state index in [1.165, 1.54) is 17.7 Å². The average molecular weight is 643 g/mol. The molecular formula is C35H54N4O5S. The number of likely N-dealkylation sites (tertiary alicyclic amines) is 1. The minimum absolute atomic E-state index is 0.0522. The van der Waals surface area contributed by atoms with Gasteiger partial charge in [0.1, 0.15) is 12.1 Å². The van der Waals surface area contributed by atoms with Crippen LogP contribution in [-0.4, -0.2) is 69.2 Å². The maximum Gasteiger partial charge on any atom is 0.246 e. The highest BCUT2D eigenvalue weighted by atomic mass is 32.1. The molecule has 0 bridgehead atoms. The van der Waals surface area contributed by atoms with Crippen LogP contribution in [0.2, 0.25) is 0 Å². The Bertz CT molecular complexity index is 1230. The monoisotopic (exact) mass is 642 g/mol. The second-order valence-corrected chi connectivity index (χ2v) is 14.4. The molecule has 0 saturated carbocycles. The maximum atomic E-state index is 13.9. The van der Waals surface area contributed by atoms with Crippen molar-refractivity contribution in [3.8, 4) is 10.4 Å². The molecule has 1 fully saturated rings. The Balaban J connectivity index is 1.53. The number of aliphatic hydroxyl groups is 2. The van der Waals surface area contributed by atoms with Crippen molar-refractivity contribution in [3.05, 3.63) is 41.0 Å². The Morgan fingerprint density at radius 3 is 2.13 bits per heavy atom. The lowest BCUT2D eigenvalue weighted by molar-refractivity contribution is -0.144. The molecule has 1 aromatic carbocycles. The molecule has 3 amide bonds. The standard InChI is InChI=1S/C35H54N4O5S/c1-24(26-16-18-27(19-17-26)31-25(2)36-23-45-31)37-33(43)29-21-28(41)22-39(29)34(44)32(35(3,4)5)38-30(42)15-13-11-9-7-6-8-10-12-14-20-40/h16-19,23-24,28-29,32,40-41H,6-15,20-22H2,1-5H3,(H,37,43)(H,38,42). The van der Waals surface area contributed by atoms with Crippen LogP contribution in [0.4, 0.5) is 0 Å². The van der Waals surface area contributed by atoms with Gasteiger partial charge < -0.3 is 25.7 Å². The van der Waals surface area contributed by atoms with Crippen molar-refractivity contribution in [2.75, 3.05) is 13.2 Å². The van der Waals surface area contributed by atoms with Crippen molar-refractivity contribution in [3.63, 3.8) is 0 Å². The van der Waals surface area contributed by atoms with Gasteiger partial charge in [-0.05, 0) is 43.2 Å². The second-order valence-electron chi connectivity index (χ2n) is 13.5. The van der Waals surface area contributed by atoms with Gasteiger partial charge in [0.05, 0.1) is 28.2 Å². The summed E-state index contributed by atoms with van der Waals surface area (Å²) in [5.74, 6) is -0.827. The molecule has 0 aliphatic carbocycles. The van der Waals surface area contributed by atoms with Crippen LogP contribution < -0.4 is 10.6 Å². The van der Waals surface area contributed by atoms with Gasteiger partial charge in [-0.25, -0.2) is 4.98 Å². The van der Waals surface area contributed by atoms with Crippen LogP contribution in [-0.2, 0) is 14.4 Å². The summed E-state index contributed by atoms with van der Waals surface area (Å²) < 4.78 is 0. The third-order valence-electron chi connectivity index (χ3n) is 8.62. The van der Waals surface area contributed by atoms with E-state index in [1.807, 2.05) is 64.4 Å². The van der Waals surface area contributed by atoms with Crippen LogP contribution >= 0.6 is 11.3 Å². The quantitative estimate of drug-likeness (QED) is 0.164. The van der Waals surface area contributed by atoms with E-state index in [0.717, 1.165) is 66.6 Å². The first-order valence-corrected chi connectivity index (χ1v) is 17.5.